The molecule has 2 saturated carbocycles. The minimum atomic E-state index is -1.08. The van der Waals surface area contributed by atoms with Crippen molar-refractivity contribution >= 4 is 29.1 Å². The molecule has 1 atom stereocenters. The number of nitrogens with zero attached hydrogens (tertiary/aromatic N) is 2. The van der Waals surface area contributed by atoms with Gasteiger partial charge >= 0.3 is 0 Å². The lowest BCUT2D eigenvalue weighted by molar-refractivity contribution is -0.135. The van der Waals surface area contributed by atoms with Crippen molar-refractivity contribution < 1.29 is 23.5 Å². The molecule has 0 spiro atoms. The molecule has 3 N–H and O–H groups in total. The lowest BCUT2D eigenvalue weighted by Crippen LogP contribution is -2.57. The molecule has 0 radical (unpaired) electrons. The minimum Gasteiger partial charge on any atom is -0.370 e. The zero-order valence-electron chi connectivity index (χ0n) is 16.8. The topological polar surface area (TPSA) is 105 Å². The minimum absolute atomic E-state index is 0.0871. The number of primary amides is 1. The van der Waals surface area contributed by atoms with E-state index in [0.717, 1.165) is 38.2 Å². The fourth-order valence-electron chi connectivity index (χ4n) is 4.01. The van der Waals surface area contributed by atoms with E-state index in [4.69, 9.17) is 10.5 Å². The molecule has 0 unspecified atom stereocenters. The van der Waals surface area contributed by atoms with E-state index in [1.54, 1.807) is 0 Å². The zero-order valence-corrected chi connectivity index (χ0v) is 16.8. The molecule has 3 fully saturated rings. The lowest BCUT2D eigenvalue weighted by atomic mass is 9.89. The van der Waals surface area contributed by atoms with E-state index in [-0.39, 0.29) is 36.5 Å². The second-order valence-electron chi connectivity index (χ2n) is 8.28. The zero-order chi connectivity index (χ0) is 21.3. The molecule has 1 saturated heterocycles. The monoisotopic (exact) mass is 418 g/mol. The van der Waals surface area contributed by atoms with Gasteiger partial charge in [0.2, 0.25) is 5.91 Å². The van der Waals surface area contributed by atoms with Crippen LogP contribution < -0.4 is 16.0 Å². The predicted octanol–water partition coefficient (Wildman–Crippen LogP) is 1.25. The summed E-state index contributed by atoms with van der Waals surface area (Å²) in [4.78, 5) is 40.3. The summed E-state index contributed by atoms with van der Waals surface area (Å²) in [6.07, 6.45) is 5.17. The second kappa shape index (κ2) is 8.69. The lowest BCUT2D eigenvalue weighted by Gasteiger charge is -2.40. The van der Waals surface area contributed by atoms with Crippen molar-refractivity contribution in [3.05, 3.63) is 24.0 Å². The fourth-order valence-corrected chi connectivity index (χ4v) is 4.01. The quantitative estimate of drug-likeness (QED) is 0.618. The standard InChI is InChI=1S/C21H27FN4O4/c22-16-10-14(6-7-17(16)25-8-9-30-12-18(25)27)24-21(29)19(20(23)28)26(11-13-4-5-13)15-2-1-3-15/h6-7,10,13,15,19H,1-5,8-9,11-12H2,(H2,23,28)(H,24,29)/t19-/m0/s1. The van der Waals surface area contributed by atoms with Crippen LogP contribution in [0.2, 0.25) is 0 Å². The summed E-state index contributed by atoms with van der Waals surface area (Å²) < 4.78 is 19.7. The highest BCUT2D eigenvalue weighted by Gasteiger charge is 2.40. The van der Waals surface area contributed by atoms with Crippen molar-refractivity contribution in [2.75, 3.05) is 36.5 Å². The molecule has 4 rings (SSSR count). The molecule has 2 aliphatic carbocycles. The molecule has 30 heavy (non-hydrogen) atoms. The number of anilines is 2. The Morgan fingerprint density at radius 1 is 1.30 bits per heavy atom. The number of carbonyl (C=O) groups is 3. The van der Waals surface area contributed by atoms with Crippen molar-refractivity contribution in [2.24, 2.45) is 11.7 Å². The summed E-state index contributed by atoms with van der Waals surface area (Å²) in [5.74, 6) is -1.70. The summed E-state index contributed by atoms with van der Waals surface area (Å²) in [6, 6.07) is 3.22. The SMILES string of the molecule is NC(=O)[C@@H](C(=O)Nc1ccc(N2CCOCC2=O)c(F)c1)N(CC1CC1)C1CCC1. The van der Waals surface area contributed by atoms with Gasteiger partial charge in [-0.05, 0) is 49.8 Å². The summed E-state index contributed by atoms with van der Waals surface area (Å²) in [5, 5.41) is 2.63. The van der Waals surface area contributed by atoms with Crippen LogP contribution in [0.1, 0.15) is 32.1 Å². The van der Waals surface area contributed by atoms with E-state index in [1.807, 2.05) is 4.90 Å². The van der Waals surface area contributed by atoms with Crippen LogP contribution >= 0.6 is 0 Å². The Labute approximate surface area is 174 Å². The van der Waals surface area contributed by atoms with Crippen LogP contribution in [-0.2, 0) is 19.1 Å². The molecule has 1 heterocycles. The summed E-state index contributed by atoms with van der Waals surface area (Å²) in [5.41, 5.74) is 5.95. The number of nitrogens with two attached hydrogens (primary N) is 1. The third kappa shape index (κ3) is 4.46. The van der Waals surface area contributed by atoms with Gasteiger partial charge in [-0.2, -0.15) is 0 Å². The summed E-state index contributed by atoms with van der Waals surface area (Å²) in [7, 11) is 0. The number of ether oxygens (including phenoxy) is 1. The van der Waals surface area contributed by atoms with Crippen LogP contribution in [0.3, 0.4) is 0 Å². The molecule has 1 aromatic rings. The molecule has 0 bridgehead atoms. The van der Waals surface area contributed by atoms with Crippen molar-refractivity contribution in [3.8, 4) is 0 Å². The van der Waals surface area contributed by atoms with Gasteiger partial charge in [-0.1, -0.05) is 6.42 Å². The van der Waals surface area contributed by atoms with Gasteiger partial charge in [-0.25, -0.2) is 4.39 Å². The van der Waals surface area contributed by atoms with Crippen LogP contribution in [0.15, 0.2) is 18.2 Å². The molecule has 1 aromatic carbocycles. The smallest absolute Gasteiger partial charge is 0.253 e. The second-order valence-corrected chi connectivity index (χ2v) is 8.28. The Hall–Kier alpha value is -2.52. The van der Waals surface area contributed by atoms with Crippen molar-refractivity contribution in [3.63, 3.8) is 0 Å². The first-order chi connectivity index (χ1) is 14.4. The van der Waals surface area contributed by atoms with E-state index in [1.165, 1.54) is 17.0 Å². The first kappa shape index (κ1) is 20.7. The van der Waals surface area contributed by atoms with Crippen LogP contribution in [0.4, 0.5) is 15.8 Å². The van der Waals surface area contributed by atoms with Gasteiger partial charge in [0.05, 0.1) is 12.3 Å². The van der Waals surface area contributed by atoms with Gasteiger partial charge in [-0.3, -0.25) is 19.3 Å². The molecular weight excluding hydrogens is 391 g/mol. The molecule has 3 amide bonds. The fraction of sp³-hybridized carbons (Fsp3) is 0.571. The number of rotatable bonds is 8. The van der Waals surface area contributed by atoms with Gasteiger partial charge < -0.3 is 20.7 Å². The Morgan fingerprint density at radius 2 is 2.07 bits per heavy atom. The molecule has 8 nitrogen and oxygen atoms in total. The Kier molecular flexibility index (Phi) is 6.01. The maximum atomic E-state index is 14.7. The number of hydrogen-bond donors (Lipinski definition) is 2. The highest BCUT2D eigenvalue weighted by atomic mass is 19.1. The van der Waals surface area contributed by atoms with Crippen LogP contribution in [0, 0.1) is 11.7 Å². The van der Waals surface area contributed by atoms with Gasteiger partial charge in [0.15, 0.2) is 6.04 Å². The van der Waals surface area contributed by atoms with Crippen LogP contribution in [0.5, 0.6) is 0 Å². The third-order valence-corrected chi connectivity index (χ3v) is 6.05. The molecule has 9 heteroatoms. The average Bonchev–Trinajstić information content (AvgIpc) is 3.45. The number of halogens is 1. The molecule has 162 valence electrons. The Balaban J connectivity index is 1.48. The van der Waals surface area contributed by atoms with Gasteiger partial charge in [0, 0.05) is 24.8 Å². The van der Waals surface area contributed by atoms with Crippen molar-refractivity contribution in [1.29, 1.82) is 0 Å². The predicted molar refractivity (Wildman–Crippen MR) is 108 cm³/mol. The number of carbonyl (C=O) groups excluding carboxylic acids is 3. The normalized spacial score (nSPS) is 20.7. The van der Waals surface area contributed by atoms with Crippen LogP contribution in [0.25, 0.3) is 0 Å². The van der Waals surface area contributed by atoms with Crippen molar-refractivity contribution in [2.45, 2.75) is 44.2 Å². The molecule has 0 aromatic heterocycles. The molecular formula is C21H27FN4O4. The maximum Gasteiger partial charge on any atom is 0.253 e. The van der Waals surface area contributed by atoms with E-state index in [9.17, 15) is 18.8 Å². The van der Waals surface area contributed by atoms with E-state index < -0.39 is 23.7 Å². The number of benzene rings is 1. The highest BCUT2D eigenvalue weighted by Crippen LogP contribution is 2.35. The number of nitrogens with one attached hydrogen (secondary N) is 1. The van der Waals surface area contributed by atoms with E-state index in [0.29, 0.717) is 19.1 Å². The highest BCUT2D eigenvalue weighted by molar-refractivity contribution is 6.09. The first-order valence-electron chi connectivity index (χ1n) is 10.5. The Bertz CT molecular complexity index is 840. The Morgan fingerprint density at radius 3 is 2.63 bits per heavy atom. The number of amides is 3. The van der Waals surface area contributed by atoms with E-state index >= 15 is 0 Å². The van der Waals surface area contributed by atoms with Gasteiger partial charge in [0.1, 0.15) is 12.4 Å². The summed E-state index contributed by atoms with van der Waals surface area (Å²) >= 11 is 0. The number of morpholine rings is 1. The summed E-state index contributed by atoms with van der Waals surface area (Å²) in [6.45, 7) is 1.19. The molecule has 3 aliphatic rings. The van der Waals surface area contributed by atoms with E-state index in [2.05, 4.69) is 5.32 Å². The molecule has 1 aliphatic heterocycles. The number of hydrogen-bond acceptors (Lipinski definition) is 5. The average molecular weight is 418 g/mol. The van der Waals surface area contributed by atoms with Crippen molar-refractivity contribution in [1.82, 2.24) is 4.90 Å². The first-order valence-corrected chi connectivity index (χ1v) is 10.5. The third-order valence-electron chi connectivity index (χ3n) is 6.05. The largest absolute Gasteiger partial charge is 0.370 e. The maximum absolute atomic E-state index is 14.7. The van der Waals surface area contributed by atoms with Gasteiger partial charge in [0.25, 0.3) is 11.8 Å². The van der Waals surface area contributed by atoms with Gasteiger partial charge in [-0.15, -0.1) is 0 Å². The van der Waals surface area contributed by atoms with Crippen LogP contribution in [-0.4, -0.2) is 61.0 Å².